The van der Waals surface area contributed by atoms with Gasteiger partial charge in [-0.1, -0.05) is 0 Å². The van der Waals surface area contributed by atoms with Crippen molar-refractivity contribution in [3.05, 3.63) is 24.0 Å². The minimum atomic E-state index is -3.63. The van der Waals surface area contributed by atoms with Crippen molar-refractivity contribution in [2.45, 2.75) is 12.8 Å². The van der Waals surface area contributed by atoms with Gasteiger partial charge in [-0.3, -0.25) is 4.72 Å². The molecular formula is C12H18FN3O2S. The standard InChI is InChI=1S/C12H18FN3O2S/c1-15(2)19(17,18)14-11-9-10(13)5-6-12(11)16-7-3-4-8-16/h5-6,9,14H,3-4,7-8H2,1-2H3. The minimum Gasteiger partial charge on any atom is -0.370 e. The normalized spacial score (nSPS) is 16.1. The Bertz CT molecular complexity index is 554. The van der Waals surface area contributed by atoms with Gasteiger partial charge in [-0.2, -0.15) is 12.7 Å². The first kappa shape index (κ1) is 14.1. The van der Waals surface area contributed by atoms with Crippen LogP contribution in [0.4, 0.5) is 15.8 Å². The van der Waals surface area contributed by atoms with Crippen LogP contribution in [0, 0.1) is 5.82 Å². The first-order valence-corrected chi connectivity index (χ1v) is 7.59. The van der Waals surface area contributed by atoms with E-state index < -0.39 is 16.0 Å². The van der Waals surface area contributed by atoms with E-state index in [9.17, 15) is 12.8 Å². The van der Waals surface area contributed by atoms with E-state index in [0.29, 0.717) is 0 Å². The zero-order valence-corrected chi connectivity index (χ0v) is 11.9. The Morgan fingerprint density at radius 2 is 1.89 bits per heavy atom. The Kier molecular flexibility index (Phi) is 3.96. The van der Waals surface area contributed by atoms with E-state index in [1.54, 1.807) is 6.07 Å². The monoisotopic (exact) mass is 287 g/mol. The fourth-order valence-corrected chi connectivity index (χ4v) is 2.68. The molecule has 7 heteroatoms. The Morgan fingerprint density at radius 1 is 1.26 bits per heavy atom. The van der Waals surface area contributed by atoms with Gasteiger partial charge in [0.1, 0.15) is 5.82 Å². The molecule has 1 aromatic carbocycles. The van der Waals surface area contributed by atoms with Crippen LogP contribution in [0.25, 0.3) is 0 Å². The third-order valence-electron chi connectivity index (χ3n) is 3.13. The molecule has 0 unspecified atom stereocenters. The average Bonchev–Trinajstić information content (AvgIpc) is 2.81. The second kappa shape index (κ2) is 5.34. The smallest absolute Gasteiger partial charge is 0.301 e. The summed E-state index contributed by atoms with van der Waals surface area (Å²) < 4.78 is 40.5. The van der Waals surface area contributed by atoms with E-state index >= 15 is 0 Å². The van der Waals surface area contributed by atoms with E-state index in [2.05, 4.69) is 9.62 Å². The summed E-state index contributed by atoms with van der Waals surface area (Å²) in [6.45, 7) is 1.73. The topological polar surface area (TPSA) is 52.7 Å². The van der Waals surface area contributed by atoms with Crippen molar-refractivity contribution in [2.24, 2.45) is 0 Å². The number of halogens is 1. The molecule has 1 aliphatic rings. The quantitative estimate of drug-likeness (QED) is 0.916. The fraction of sp³-hybridized carbons (Fsp3) is 0.500. The van der Waals surface area contributed by atoms with E-state index in [1.165, 1.54) is 26.2 Å². The lowest BCUT2D eigenvalue weighted by atomic mass is 10.2. The summed E-state index contributed by atoms with van der Waals surface area (Å²) in [5.74, 6) is -0.459. The van der Waals surface area contributed by atoms with Crippen LogP contribution in [0.5, 0.6) is 0 Å². The van der Waals surface area contributed by atoms with Crippen molar-refractivity contribution >= 4 is 21.6 Å². The summed E-state index contributed by atoms with van der Waals surface area (Å²) >= 11 is 0. The van der Waals surface area contributed by atoms with Gasteiger partial charge in [-0.05, 0) is 25.0 Å². The number of hydrogen-bond acceptors (Lipinski definition) is 3. The molecular weight excluding hydrogens is 269 g/mol. The summed E-state index contributed by atoms with van der Waals surface area (Å²) in [5, 5.41) is 0. The zero-order chi connectivity index (χ0) is 14.0. The molecule has 0 bridgehead atoms. The summed E-state index contributed by atoms with van der Waals surface area (Å²) in [4.78, 5) is 2.06. The van der Waals surface area contributed by atoms with Crippen LogP contribution in [-0.2, 0) is 10.2 Å². The lowest BCUT2D eigenvalue weighted by Gasteiger charge is -2.23. The molecule has 1 heterocycles. The van der Waals surface area contributed by atoms with Crippen molar-refractivity contribution in [3.8, 4) is 0 Å². The molecule has 1 aliphatic heterocycles. The SMILES string of the molecule is CN(C)S(=O)(=O)Nc1cc(F)ccc1N1CCCC1. The molecule has 0 aliphatic carbocycles. The molecule has 0 amide bonds. The van der Waals surface area contributed by atoms with E-state index in [-0.39, 0.29) is 5.69 Å². The van der Waals surface area contributed by atoms with Crippen LogP contribution in [0.15, 0.2) is 18.2 Å². The van der Waals surface area contributed by atoms with Gasteiger partial charge in [0.05, 0.1) is 11.4 Å². The molecule has 0 atom stereocenters. The molecule has 0 spiro atoms. The molecule has 106 valence electrons. The van der Waals surface area contributed by atoms with Crippen molar-refractivity contribution in [3.63, 3.8) is 0 Å². The number of nitrogens with one attached hydrogen (secondary N) is 1. The maximum absolute atomic E-state index is 13.3. The van der Waals surface area contributed by atoms with Crippen LogP contribution >= 0.6 is 0 Å². The molecule has 19 heavy (non-hydrogen) atoms. The van der Waals surface area contributed by atoms with Crippen molar-refractivity contribution in [2.75, 3.05) is 36.8 Å². The highest BCUT2D eigenvalue weighted by atomic mass is 32.2. The van der Waals surface area contributed by atoms with Crippen LogP contribution in [0.1, 0.15) is 12.8 Å². The molecule has 0 radical (unpaired) electrons. The number of nitrogens with zero attached hydrogens (tertiary/aromatic N) is 2. The lowest BCUT2D eigenvalue weighted by molar-refractivity contribution is 0.526. The Balaban J connectivity index is 2.35. The van der Waals surface area contributed by atoms with Gasteiger partial charge < -0.3 is 4.90 Å². The number of anilines is 2. The molecule has 0 aromatic heterocycles. The summed E-state index contributed by atoms with van der Waals surface area (Å²) in [6.07, 6.45) is 2.13. The summed E-state index contributed by atoms with van der Waals surface area (Å²) in [7, 11) is -0.775. The first-order valence-electron chi connectivity index (χ1n) is 6.15. The molecule has 5 nitrogen and oxygen atoms in total. The molecule has 0 saturated carbocycles. The van der Waals surface area contributed by atoms with Crippen LogP contribution < -0.4 is 9.62 Å². The maximum Gasteiger partial charge on any atom is 0.301 e. The highest BCUT2D eigenvalue weighted by Crippen LogP contribution is 2.30. The van der Waals surface area contributed by atoms with Gasteiger partial charge in [0.2, 0.25) is 0 Å². The molecule has 2 rings (SSSR count). The highest BCUT2D eigenvalue weighted by molar-refractivity contribution is 7.90. The van der Waals surface area contributed by atoms with Crippen LogP contribution in [-0.4, -0.2) is 39.9 Å². The predicted molar refractivity (Wildman–Crippen MR) is 74.1 cm³/mol. The molecule has 1 N–H and O–H groups in total. The first-order chi connectivity index (χ1) is 8.90. The van der Waals surface area contributed by atoms with Gasteiger partial charge >= 0.3 is 10.2 Å². The van der Waals surface area contributed by atoms with Gasteiger partial charge in [-0.15, -0.1) is 0 Å². The predicted octanol–water partition coefficient (Wildman–Crippen LogP) is 1.64. The second-order valence-corrected chi connectivity index (χ2v) is 6.63. The van der Waals surface area contributed by atoms with Crippen LogP contribution in [0.3, 0.4) is 0 Å². The minimum absolute atomic E-state index is 0.288. The number of benzene rings is 1. The van der Waals surface area contributed by atoms with Crippen LogP contribution in [0.2, 0.25) is 0 Å². The van der Waals surface area contributed by atoms with Gasteiger partial charge in [-0.25, -0.2) is 4.39 Å². The van der Waals surface area contributed by atoms with Gasteiger partial charge in [0.15, 0.2) is 0 Å². The average molecular weight is 287 g/mol. The summed E-state index contributed by atoms with van der Waals surface area (Å²) in [6, 6.07) is 4.18. The third-order valence-corrected chi connectivity index (χ3v) is 4.56. The summed E-state index contributed by atoms with van der Waals surface area (Å²) in [5.41, 5.74) is 1.01. The van der Waals surface area contributed by atoms with Crippen molar-refractivity contribution in [1.82, 2.24) is 4.31 Å². The highest BCUT2D eigenvalue weighted by Gasteiger charge is 2.20. The number of rotatable bonds is 4. The number of hydrogen-bond donors (Lipinski definition) is 1. The fourth-order valence-electron chi connectivity index (χ4n) is 2.05. The van der Waals surface area contributed by atoms with Crippen molar-refractivity contribution in [1.29, 1.82) is 0 Å². The molecule has 1 aromatic rings. The van der Waals surface area contributed by atoms with Crippen molar-refractivity contribution < 1.29 is 12.8 Å². The Labute approximate surface area is 113 Å². The molecule has 1 fully saturated rings. The Hall–Kier alpha value is -1.34. The van der Waals surface area contributed by atoms with E-state index in [4.69, 9.17) is 0 Å². The zero-order valence-electron chi connectivity index (χ0n) is 11.1. The van der Waals surface area contributed by atoms with Gasteiger partial charge in [0, 0.05) is 33.3 Å². The largest absolute Gasteiger partial charge is 0.370 e. The maximum atomic E-state index is 13.3. The lowest BCUT2D eigenvalue weighted by Crippen LogP contribution is -2.30. The second-order valence-electron chi connectivity index (χ2n) is 4.75. The Morgan fingerprint density at radius 3 is 2.47 bits per heavy atom. The van der Waals surface area contributed by atoms with E-state index in [0.717, 1.165) is 35.9 Å². The third kappa shape index (κ3) is 3.16. The van der Waals surface area contributed by atoms with E-state index in [1.807, 2.05) is 0 Å². The van der Waals surface area contributed by atoms with Gasteiger partial charge in [0.25, 0.3) is 0 Å². The molecule has 1 saturated heterocycles.